The molecule has 0 atom stereocenters. The minimum atomic E-state index is -0.246. The molecule has 29 heavy (non-hydrogen) atoms. The first-order valence-corrected chi connectivity index (χ1v) is 10.1. The van der Waals surface area contributed by atoms with Crippen molar-refractivity contribution >= 4 is 34.5 Å². The van der Waals surface area contributed by atoms with Crippen LogP contribution in [0.15, 0.2) is 78.3 Å². The minimum absolute atomic E-state index is 0.0909. The molecule has 4 rings (SSSR count). The SMILES string of the molecule is O=C(COc1ccc(Cl)cc1)Nc1cccc(-c2csc(-c3ccccn3)n2)c1. The van der Waals surface area contributed by atoms with Gasteiger partial charge < -0.3 is 10.1 Å². The summed E-state index contributed by atoms with van der Waals surface area (Å²) in [4.78, 5) is 21.2. The Bertz CT molecular complexity index is 1110. The van der Waals surface area contributed by atoms with Gasteiger partial charge in [0.1, 0.15) is 10.8 Å². The van der Waals surface area contributed by atoms with Gasteiger partial charge in [0.05, 0.1) is 11.4 Å². The van der Waals surface area contributed by atoms with Gasteiger partial charge in [0, 0.05) is 27.9 Å². The summed E-state index contributed by atoms with van der Waals surface area (Å²) < 4.78 is 5.47. The number of benzene rings is 2. The molecule has 1 N–H and O–H groups in total. The van der Waals surface area contributed by atoms with Gasteiger partial charge in [0.2, 0.25) is 0 Å². The maximum absolute atomic E-state index is 12.2. The zero-order chi connectivity index (χ0) is 20.1. The molecule has 0 saturated heterocycles. The number of nitrogens with one attached hydrogen (secondary N) is 1. The highest BCUT2D eigenvalue weighted by Crippen LogP contribution is 2.29. The van der Waals surface area contributed by atoms with E-state index in [4.69, 9.17) is 16.3 Å². The standard InChI is InChI=1S/C22H16ClN3O2S/c23-16-7-9-18(10-8-16)28-13-21(27)25-17-5-3-4-15(12-17)20-14-29-22(26-20)19-6-1-2-11-24-19/h1-12,14H,13H2,(H,25,27). The maximum atomic E-state index is 12.2. The van der Waals surface area contributed by atoms with E-state index in [9.17, 15) is 4.79 Å². The van der Waals surface area contributed by atoms with Crippen molar-refractivity contribution < 1.29 is 9.53 Å². The van der Waals surface area contributed by atoms with Crippen molar-refractivity contribution in [1.82, 2.24) is 9.97 Å². The molecule has 4 aromatic rings. The van der Waals surface area contributed by atoms with Crippen LogP contribution < -0.4 is 10.1 Å². The Morgan fingerprint density at radius 1 is 1.03 bits per heavy atom. The van der Waals surface area contributed by atoms with Crippen molar-refractivity contribution in [1.29, 1.82) is 0 Å². The maximum Gasteiger partial charge on any atom is 0.262 e. The van der Waals surface area contributed by atoms with Gasteiger partial charge in [-0.25, -0.2) is 4.98 Å². The summed E-state index contributed by atoms with van der Waals surface area (Å²) in [6, 6.07) is 20.2. The van der Waals surface area contributed by atoms with Crippen molar-refractivity contribution in [2.75, 3.05) is 11.9 Å². The predicted octanol–water partition coefficient (Wildman–Crippen LogP) is 5.54. The second-order valence-corrected chi connectivity index (χ2v) is 7.42. The molecule has 2 heterocycles. The molecule has 0 saturated carbocycles. The van der Waals surface area contributed by atoms with Crippen LogP contribution in [0, 0.1) is 0 Å². The molecule has 0 aliphatic carbocycles. The van der Waals surface area contributed by atoms with Crippen LogP contribution in [0.5, 0.6) is 5.75 Å². The van der Waals surface area contributed by atoms with Crippen LogP contribution in [0.2, 0.25) is 5.02 Å². The van der Waals surface area contributed by atoms with Crippen LogP contribution in [-0.4, -0.2) is 22.5 Å². The molecule has 144 valence electrons. The summed E-state index contributed by atoms with van der Waals surface area (Å²) in [5.74, 6) is 0.340. The number of hydrogen-bond acceptors (Lipinski definition) is 5. The number of aromatic nitrogens is 2. The van der Waals surface area contributed by atoms with E-state index in [1.54, 1.807) is 30.5 Å². The Labute approximate surface area is 177 Å². The number of rotatable bonds is 6. The lowest BCUT2D eigenvalue weighted by Crippen LogP contribution is -2.20. The van der Waals surface area contributed by atoms with E-state index in [2.05, 4.69) is 15.3 Å². The molecule has 2 aromatic heterocycles. The number of anilines is 1. The smallest absolute Gasteiger partial charge is 0.262 e. The van der Waals surface area contributed by atoms with Crippen LogP contribution in [0.3, 0.4) is 0 Å². The molecule has 0 radical (unpaired) electrons. The third kappa shape index (κ3) is 4.99. The minimum Gasteiger partial charge on any atom is -0.484 e. The lowest BCUT2D eigenvalue weighted by Gasteiger charge is -2.08. The molecule has 0 spiro atoms. The highest BCUT2D eigenvalue weighted by Gasteiger charge is 2.09. The number of ether oxygens (including phenoxy) is 1. The Morgan fingerprint density at radius 2 is 1.90 bits per heavy atom. The van der Waals surface area contributed by atoms with E-state index in [1.807, 2.05) is 47.8 Å². The number of carbonyl (C=O) groups is 1. The van der Waals surface area contributed by atoms with Gasteiger partial charge in [-0.2, -0.15) is 0 Å². The number of hydrogen-bond donors (Lipinski definition) is 1. The first-order chi connectivity index (χ1) is 14.2. The van der Waals surface area contributed by atoms with E-state index in [0.29, 0.717) is 16.5 Å². The van der Waals surface area contributed by atoms with Gasteiger partial charge in [0.25, 0.3) is 5.91 Å². The lowest BCUT2D eigenvalue weighted by atomic mass is 10.1. The summed E-state index contributed by atoms with van der Waals surface area (Å²) in [5, 5.41) is 6.30. The zero-order valence-corrected chi connectivity index (χ0v) is 16.8. The van der Waals surface area contributed by atoms with Gasteiger partial charge in [-0.05, 0) is 48.5 Å². The summed E-state index contributed by atoms with van der Waals surface area (Å²) in [5.41, 5.74) is 3.27. The summed E-state index contributed by atoms with van der Waals surface area (Å²) in [6.45, 7) is -0.0909. The average Bonchev–Trinajstić information content (AvgIpc) is 3.25. The highest BCUT2D eigenvalue weighted by atomic mass is 35.5. The predicted molar refractivity (Wildman–Crippen MR) is 116 cm³/mol. The van der Waals surface area contributed by atoms with Crippen LogP contribution in [0.1, 0.15) is 0 Å². The van der Waals surface area contributed by atoms with E-state index in [1.165, 1.54) is 11.3 Å². The van der Waals surface area contributed by atoms with Gasteiger partial charge in [-0.1, -0.05) is 29.8 Å². The fourth-order valence-electron chi connectivity index (χ4n) is 2.65. The van der Waals surface area contributed by atoms with Gasteiger partial charge in [-0.15, -0.1) is 11.3 Å². The fraction of sp³-hybridized carbons (Fsp3) is 0.0455. The van der Waals surface area contributed by atoms with Crippen LogP contribution in [-0.2, 0) is 4.79 Å². The number of carbonyl (C=O) groups excluding carboxylic acids is 1. The van der Waals surface area contributed by atoms with E-state index in [0.717, 1.165) is 22.0 Å². The van der Waals surface area contributed by atoms with Crippen LogP contribution in [0.25, 0.3) is 22.0 Å². The molecule has 1 amide bonds. The largest absolute Gasteiger partial charge is 0.484 e. The first-order valence-electron chi connectivity index (χ1n) is 8.83. The molecule has 2 aromatic carbocycles. The topological polar surface area (TPSA) is 64.1 Å². The normalized spacial score (nSPS) is 10.5. The molecule has 0 bridgehead atoms. The molecule has 0 unspecified atom stereocenters. The summed E-state index contributed by atoms with van der Waals surface area (Å²) in [7, 11) is 0. The highest BCUT2D eigenvalue weighted by molar-refractivity contribution is 7.13. The first kappa shape index (κ1) is 19.1. The number of thiazole rings is 1. The Balaban J connectivity index is 1.41. The average molecular weight is 422 g/mol. The Kier molecular flexibility index (Phi) is 5.84. The summed E-state index contributed by atoms with van der Waals surface area (Å²) >= 11 is 7.37. The Morgan fingerprint density at radius 3 is 2.69 bits per heavy atom. The van der Waals surface area contributed by atoms with Crippen molar-refractivity contribution in [3.05, 3.63) is 83.3 Å². The van der Waals surface area contributed by atoms with Crippen LogP contribution in [0.4, 0.5) is 5.69 Å². The van der Waals surface area contributed by atoms with Crippen molar-refractivity contribution in [3.8, 4) is 27.7 Å². The van der Waals surface area contributed by atoms with E-state index in [-0.39, 0.29) is 12.5 Å². The molecular weight excluding hydrogens is 406 g/mol. The second kappa shape index (κ2) is 8.86. The number of nitrogens with zero attached hydrogens (tertiary/aromatic N) is 2. The number of pyridine rings is 1. The fourth-order valence-corrected chi connectivity index (χ4v) is 3.58. The summed E-state index contributed by atoms with van der Waals surface area (Å²) in [6.07, 6.45) is 1.75. The van der Waals surface area contributed by atoms with Gasteiger partial charge in [0.15, 0.2) is 6.61 Å². The third-order valence-corrected chi connectivity index (χ3v) is 5.13. The van der Waals surface area contributed by atoms with E-state index < -0.39 is 0 Å². The lowest BCUT2D eigenvalue weighted by molar-refractivity contribution is -0.118. The third-order valence-electron chi connectivity index (χ3n) is 4.01. The Hall–Kier alpha value is -3.22. The van der Waals surface area contributed by atoms with Crippen molar-refractivity contribution in [2.45, 2.75) is 0 Å². The van der Waals surface area contributed by atoms with Gasteiger partial charge in [-0.3, -0.25) is 9.78 Å². The van der Waals surface area contributed by atoms with E-state index >= 15 is 0 Å². The monoisotopic (exact) mass is 421 g/mol. The molecule has 0 aliphatic rings. The molecule has 0 aliphatic heterocycles. The quantitative estimate of drug-likeness (QED) is 0.443. The number of amides is 1. The molecule has 0 fully saturated rings. The molecular formula is C22H16ClN3O2S. The molecule has 7 heteroatoms. The molecule has 5 nitrogen and oxygen atoms in total. The van der Waals surface area contributed by atoms with Crippen molar-refractivity contribution in [3.63, 3.8) is 0 Å². The van der Waals surface area contributed by atoms with Gasteiger partial charge >= 0.3 is 0 Å². The van der Waals surface area contributed by atoms with Crippen molar-refractivity contribution in [2.24, 2.45) is 0 Å². The number of halogens is 1. The zero-order valence-electron chi connectivity index (χ0n) is 15.2. The second-order valence-electron chi connectivity index (χ2n) is 6.12. The van der Waals surface area contributed by atoms with Crippen LogP contribution >= 0.6 is 22.9 Å².